The van der Waals surface area contributed by atoms with Crippen LogP contribution < -0.4 is 5.32 Å². The van der Waals surface area contributed by atoms with Gasteiger partial charge in [0.1, 0.15) is 11.5 Å². The second kappa shape index (κ2) is 7.37. The molecule has 124 valence electrons. The molecule has 0 saturated heterocycles. The molecule has 5 nitrogen and oxygen atoms in total. The minimum Gasteiger partial charge on any atom is -0.396 e. The monoisotopic (exact) mass is 319 g/mol. The number of benzene rings is 1. The van der Waals surface area contributed by atoms with E-state index in [9.17, 15) is 14.3 Å². The first-order chi connectivity index (χ1) is 11.0. The van der Waals surface area contributed by atoms with E-state index in [0.29, 0.717) is 12.2 Å². The molecule has 0 radical (unpaired) electrons. The largest absolute Gasteiger partial charge is 0.396 e. The third kappa shape index (κ3) is 3.76. The number of halogens is 1. The predicted molar refractivity (Wildman–Crippen MR) is 86.0 cm³/mol. The number of hydrogen-bond donors (Lipinski definition) is 2. The van der Waals surface area contributed by atoms with E-state index in [0.717, 1.165) is 12.8 Å². The molecule has 0 fully saturated rings. The highest BCUT2D eigenvalue weighted by atomic mass is 19.1. The first-order valence-corrected chi connectivity index (χ1v) is 7.75. The summed E-state index contributed by atoms with van der Waals surface area (Å²) in [4.78, 5) is 12.2. The zero-order chi connectivity index (χ0) is 16.9. The molecule has 2 aromatic rings. The average Bonchev–Trinajstić information content (AvgIpc) is 3.07. The maximum atomic E-state index is 13.7. The Kier molecular flexibility index (Phi) is 5.50. The van der Waals surface area contributed by atoms with E-state index in [1.165, 1.54) is 10.7 Å². The molecule has 1 heterocycles. The lowest BCUT2D eigenvalue weighted by atomic mass is 9.83. The molecule has 0 atom stereocenters. The Balaban J connectivity index is 2.09. The first-order valence-electron chi connectivity index (χ1n) is 7.75. The summed E-state index contributed by atoms with van der Waals surface area (Å²) in [6, 6.07) is 7.78. The van der Waals surface area contributed by atoms with Gasteiger partial charge in [-0.3, -0.25) is 4.79 Å². The number of aliphatic hydroxyl groups excluding tert-OH is 1. The van der Waals surface area contributed by atoms with Crippen LogP contribution in [-0.4, -0.2) is 33.9 Å². The molecule has 2 N–H and O–H groups in total. The van der Waals surface area contributed by atoms with Gasteiger partial charge in [0.15, 0.2) is 5.69 Å². The van der Waals surface area contributed by atoms with Crippen molar-refractivity contribution in [2.75, 3.05) is 13.2 Å². The summed E-state index contributed by atoms with van der Waals surface area (Å²) in [6.07, 6.45) is 3.08. The first kappa shape index (κ1) is 17.1. The zero-order valence-corrected chi connectivity index (χ0v) is 13.4. The topological polar surface area (TPSA) is 67.2 Å². The third-order valence-electron chi connectivity index (χ3n) is 4.38. The maximum Gasteiger partial charge on any atom is 0.271 e. The molecule has 23 heavy (non-hydrogen) atoms. The van der Waals surface area contributed by atoms with Crippen molar-refractivity contribution >= 4 is 5.91 Å². The summed E-state index contributed by atoms with van der Waals surface area (Å²) < 4.78 is 15.1. The number of carbonyl (C=O) groups excluding carboxylic acids is 1. The van der Waals surface area contributed by atoms with Crippen molar-refractivity contribution in [3.63, 3.8) is 0 Å². The van der Waals surface area contributed by atoms with Crippen molar-refractivity contribution in [2.24, 2.45) is 5.41 Å². The molecule has 0 aliphatic heterocycles. The highest BCUT2D eigenvalue weighted by molar-refractivity contribution is 5.92. The standard InChI is InChI=1S/C17H22FN3O2/c1-3-17(4-2,12-22)11-19-16(23)14-9-10-21(20-14)15-8-6-5-7-13(15)18/h5-10,22H,3-4,11-12H2,1-2H3,(H,19,23). The van der Waals surface area contributed by atoms with Gasteiger partial charge in [0.05, 0.1) is 6.61 Å². The summed E-state index contributed by atoms with van der Waals surface area (Å²) in [7, 11) is 0. The van der Waals surface area contributed by atoms with Gasteiger partial charge < -0.3 is 10.4 Å². The van der Waals surface area contributed by atoms with Gasteiger partial charge in [-0.15, -0.1) is 0 Å². The Morgan fingerprint density at radius 1 is 1.30 bits per heavy atom. The van der Waals surface area contributed by atoms with Crippen molar-refractivity contribution in [2.45, 2.75) is 26.7 Å². The Labute approximate surface area is 135 Å². The molecule has 2 rings (SSSR count). The summed E-state index contributed by atoms with van der Waals surface area (Å²) in [5.74, 6) is -0.737. The van der Waals surface area contributed by atoms with E-state index in [-0.39, 0.29) is 23.6 Å². The lowest BCUT2D eigenvalue weighted by molar-refractivity contribution is 0.0846. The van der Waals surface area contributed by atoms with E-state index < -0.39 is 5.82 Å². The smallest absolute Gasteiger partial charge is 0.271 e. The highest BCUT2D eigenvalue weighted by Gasteiger charge is 2.26. The quantitative estimate of drug-likeness (QED) is 0.824. The van der Waals surface area contributed by atoms with Gasteiger partial charge in [0, 0.05) is 18.2 Å². The lowest BCUT2D eigenvalue weighted by Crippen LogP contribution is -2.39. The SMILES string of the molecule is CCC(CC)(CO)CNC(=O)c1ccn(-c2ccccc2F)n1. The van der Waals surface area contributed by atoms with Gasteiger partial charge in [-0.05, 0) is 31.0 Å². The maximum absolute atomic E-state index is 13.7. The number of carbonyl (C=O) groups is 1. The van der Waals surface area contributed by atoms with E-state index in [1.807, 2.05) is 13.8 Å². The minimum absolute atomic E-state index is 0.0178. The van der Waals surface area contributed by atoms with Crippen molar-refractivity contribution in [3.05, 3.63) is 48.0 Å². The molecular weight excluding hydrogens is 297 g/mol. The molecule has 0 saturated carbocycles. The van der Waals surface area contributed by atoms with Crippen LogP contribution in [0.15, 0.2) is 36.5 Å². The summed E-state index contributed by atoms with van der Waals surface area (Å²) in [6.45, 7) is 4.36. The van der Waals surface area contributed by atoms with Crippen LogP contribution in [0.1, 0.15) is 37.2 Å². The number of aliphatic hydroxyl groups is 1. The predicted octanol–water partition coefficient (Wildman–Crippen LogP) is 2.54. The van der Waals surface area contributed by atoms with Crippen molar-refractivity contribution in [3.8, 4) is 5.69 Å². The molecule has 1 aromatic carbocycles. The van der Waals surface area contributed by atoms with Gasteiger partial charge in [-0.2, -0.15) is 5.10 Å². The molecule has 0 aliphatic rings. The fourth-order valence-corrected chi connectivity index (χ4v) is 2.35. The number of nitrogens with one attached hydrogen (secondary N) is 1. The number of amides is 1. The van der Waals surface area contributed by atoms with Crippen LogP contribution in [0.3, 0.4) is 0 Å². The molecule has 6 heteroatoms. The summed E-state index contributed by atoms with van der Waals surface area (Å²) in [5, 5.41) is 16.5. The second-order valence-corrected chi connectivity index (χ2v) is 5.64. The number of rotatable bonds is 7. The lowest BCUT2D eigenvalue weighted by Gasteiger charge is -2.29. The number of nitrogens with zero attached hydrogens (tertiary/aromatic N) is 2. The van der Waals surface area contributed by atoms with Crippen molar-refractivity contribution in [1.29, 1.82) is 0 Å². The Bertz CT molecular complexity index is 657. The fourth-order valence-electron chi connectivity index (χ4n) is 2.35. The summed E-state index contributed by atoms with van der Waals surface area (Å²) in [5.41, 5.74) is 0.190. The number of hydrogen-bond acceptors (Lipinski definition) is 3. The summed E-state index contributed by atoms with van der Waals surface area (Å²) >= 11 is 0. The highest BCUT2D eigenvalue weighted by Crippen LogP contribution is 2.24. The number of aromatic nitrogens is 2. The zero-order valence-electron chi connectivity index (χ0n) is 13.4. The van der Waals surface area contributed by atoms with E-state index in [4.69, 9.17) is 0 Å². The minimum atomic E-state index is -0.404. The van der Waals surface area contributed by atoms with E-state index in [1.54, 1.807) is 30.5 Å². The molecule has 1 amide bonds. The van der Waals surface area contributed by atoms with Crippen LogP contribution in [0.5, 0.6) is 0 Å². The molecular formula is C17H22FN3O2. The van der Waals surface area contributed by atoms with Crippen molar-refractivity contribution in [1.82, 2.24) is 15.1 Å². The Morgan fingerprint density at radius 3 is 2.61 bits per heavy atom. The molecule has 0 unspecified atom stereocenters. The second-order valence-electron chi connectivity index (χ2n) is 5.64. The van der Waals surface area contributed by atoms with Crippen molar-refractivity contribution < 1.29 is 14.3 Å². The Morgan fingerprint density at radius 2 is 2.00 bits per heavy atom. The van der Waals surface area contributed by atoms with Gasteiger partial charge in [-0.25, -0.2) is 9.07 Å². The fraction of sp³-hybridized carbons (Fsp3) is 0.412. The molecule has 0 spiro atoms. The molecule has 0 aliphatic carbocycles. The van der Waals surface area contributed by atoms with E-state index in [2.05, 4.69) is 10.4 Å². The van der Waals surface area contributed by atoms with Crippen LogP contribution in [-0.2, 0) is 0 Å². The van der Waals surface area contributed by atoms with Crippen LogP contribution in [0.25, 0.3) is 5.69 Å². The van der Waals surface area contributed by atoms with Gasteiger partial charge in [0.2, 0.25) is 0 Å². The van der Waals surface area contributed by atoms with Gasteiger partial charge in [-0.1, -0.05) is 26.0 Å². The van der Waals surface area contributed by atoms with Crippen LogP contribution >= 0.6 is 0 Å². The normalized spacial score (nSPS) is 11.5. The molecule has 1 aromatic heterocycles. The van der Waals surface area contributed by atoms with E-state index >= 15 is 0 Å². The molecule has 0 bridgehead atoms. The third-order valence-corrected chi connectivity index (χ3v) is 4.38. The van der Waals surface area contributed by atoms with Gasteiger partial charge in [0.25, 0.3) is 5.91 Å². The average molecular weight is 319 g/mol. The van der Waals surface area contributed by atoms with Crippen LogP contribution in [0.4, 0.5) is 4.39 Å². The van der Waals surface area contributed by atoms with Crippen LogP contribution in [0.2, 0.25) is 0 Å². The van der Waals surface area contributed by atoms with Crippen LogP contribution in [0, 0.1) is 11.2 Å². The number of para-hydroxylation sites is 1. The Hall–Kier alpha value is -2.21. The van der Waals surface area contributed by atoms with Gasteiger partial charge >= 0.3 is 0 Å².